The van der Waals surface area contributed by atoms with E-state index in [1.165, 1.54) is 12.8 Å². The first-order chi connectivity index (χ1) is 23.0. The predicted octanol–water partition coefficient (Wildman–Crippen LogP) is 14.4. The highest BCUT2D eigenvalue weighted by atomic mass is 14.6. The van der Waals surface area contributed by atoms with Crippen molar-refractivity contribution >= 4 is 0 Å². The lowest BCUT2D eigenvalue weighted by Gasteiger charge is -2.56. The van der Waals surface area contributed by atoms with Gasteiger partial charge in [-0.05, 0) is 247 Å². The summed E-state index contributed by atoms with van der Waals surface area (Å²) in [6.07, 6.45) is 31.7. The number of hydrogen-bond donors (Lipinski definition) is 0. The standard InChI is InChI=1S/2C24H42/c1-15(2)17-5-9-21-19(13-17)7-11-24-22-10-6-18(16(3)4)14-20(22)8-12-23(21)24;1-15(2)17-5-7-19-11-24-14-22-10-18(16(3)4)6-8-20(22)12-23(24)13-21(19)9-17/h2*15-24H,5-14H2,1-4H3. The van der Waals surface area contributed by atoms with Crippen molar-refractivity contribution in [3.05, 3.63) is 0 Å². The highest BCUT2D eigenvalue weighted by Crippen LogP contribution is 2.60. The van der Waals surface area contributed by atoms with Crippen LogP contribution in [0, 0.1) is 118 Å². The summed E-state index contributed by atoms with van der Waals surface area (Å²) in [4.78, 5) is 0. The van der Waals surface area contributed by atoms with Crippen LogP contribution in [-0.4, -0.2) is 0 Å². The first-order valence-electron chi connectivity index (χ1n) is 23.0. The van der Waals surface area contributed by atoms with Crippen molar-refractivity contribution < 1.29 is 0 Å². The van der Waals surface area contributed by atoms with Gasteiger partial charge in [0.05, 0.1) is 0 Å². The highest BCUT2D eigenvalue weighted by molar-refractivity contribution is 5.00. The molecule has 0 N–H and O–H groups in total. The minimum absolute atomic E-state index is 0.922. The summed E-state index contributed by atoms with van der Waals surface area (Å²) in [7, 11) is 0. The molecule has 0 heterocycles. The Morgan fingerprint density at radius 2 is 0.479 bits per heavy atom. The fraction of sp³-hybridized carbons (Fsp3) is 1.00. The lowest BCUT2D eigenvalue weighted by Crippen LogP contribution is -2.47. The van der Waals surface area contributed by atoms with Crippen LogP contribution in [0.5, 0.6) is 0 Å². The Hall–Kier alpha value is 0. The fourth-order valence-corrected chi connectivity index (χ4v) is 15.6. The summed E-state index contributed by atoms with van der Waals surface area (Å²) in [5, 5.41) is 0. The Bertz CT molecular complexity index is 904. The molecule has 0 aromatic carbocycles. The van der Waals surface area contributed by atoms with Crippen LogP contribution in [0.4, 0.5) is 0 Å². The molecule has 8 aliphatic rings. The lowest BCUT2D eigenvalue weighted by molar-refractivity contribution is -0.0614. The van der Waals surface area contributed by atoms with Crippen molar-refractivity contribution in [1.29, 1.82) is 0 Å². The van der Waals surface area contributed by atoms with Gasteiger partial charge >= 0.3 is 0 Å². The van der Waals surface area contributed by atoms with E-state index in [-0.39, 0.29) is 0 Å². The summed E-state index contributed by atoms with van der Waals surface area (Å²) in [5.41, 5.74) is 0. The summed E-state index contributed by atoms with van der Waals surface area (Å²) < 4.78 is 0. The number of rotatable bonds is 4. The average Bonchev–Trinajstić information content (AvgIpc) is 3.08. The van der Waals surface area contributed by atoms with Crippen LogP contribution >= 0.6 is 0 Å². The van der Waals surface area contributed by atoms with Crippen LogP contribution in [0.3, 0.4) is 0 Å². The van der Waals surface area contributed by atoms with Crippen molar-refractivity contribution in [3.63, 3.8) is 0 Å². The zero-order valence-electron chi connectivity index (χ0n) is 33.7. The monoisotopic (exact) mass is 661 g/mol. The van der Waals surface area contributed by atoms with Crippen LogP contribution in [0.1, 0.15) is 184 Å². The first kappa shape index (κ1) is 36.4. The maximum atomic E-state index is 2.47. The average molecular weight is 661 g/mol. The Labute approximate surface area is 301 Å². The van der Waals surface area contributed by atoms with Crippen molar-refractivity contribution in [2.45, 2.75) is 184 Å². The van der Waals surface area contributed by atoms with E-state index < -0.39 is 0 Å². The topological polar surface area (TPSA) is 0 Å². The Kier molecular flexibility index (Phi) is 11.8. The molecule has 0 aromatic heterocycles. The Morgan fingerprint density at radius 1 is 0.229 bits per heavy atom. The fourth-order valence-electron chi connectivity index (χ4n) is 15.6. The van der Waals surface area contributed by atoms with Gasteiger partial charge in [-0.1, -0.05) is 55.4 Å². The second-order valence-corrected chi connectivity index (χ2v) is 22.1. The molecule has 8 aliphatic carbocycles. The maximum Gasteiger partial charge on any atom is -0.0352 e. The van der Waals surface area contributed by atoms with Gasteiger partial charge in [0, 0.05) is 0 Å². The van der Waals surface area contributed by atoms with E-state index in [1.807, 2.05) is 0 Å². The zero-order valence-corrected chi connectivity index (χ0v) is 33.7. The van der Waals surface area contributed by atoms with Gasteiger partial charge < -0.3 is 0 Å². The first-order valence-corrected chi connectivity index (χ1v) is 23.0. The third-order valence-electron chi connectivity index (χ3n) is 18.8. The van der Waals surface area contributed by atoms with Crippen molar-refractivity contribution in [3.8, 4) is 0 Å². The summed E-state index contributed by atoms with van der Waals surface area (Å²) in [6, 6.07) is 0. The molecule has 0 radical (unpaired) electrons. The molecule has 0 spiro atoms. The van der Waals surface area contributed by atoms with E-state index in [9.17, 15) is 0 Å². The molecular formula is C48H84. The summed E-state index contributed by atoms with van der Waals surface area (Å²) >= 11 is 0. The quantitative estimate of drug-likeness (QED) is 0.281. The number of hydrogen-bond acceptors (Lipinski definition) is 0. The van der Waals surface area contributed by atoms with Gasteiger partial charge in [0.1, 0.15) is 0 Å². The smallest absolute Gasteiger partial charge is 0.0352 e. The molecule has 0 nitrogen and oxygen atoms in total. The van der Waals surface area contributed by atoms with Crippen molar-refractivity contribution in [2.24, 2.45) is 118 Å². The molecule has 0 bridgehead atoms. The molecule has 16 unspecified atom stereocenters. The van der Waals surface area contributed by atoms with E-state index in [0.29, 0.717) is 0 Å². The zero-order chi connectivity index (χ0) is 33.7. The van der Waals surface area contributed by atoms with E-state index in [4.69, 9.17) is 0 Å². The van der Waals surface area contributed by atoms with E-state index >= 15 is 0 Å². The minimum Gasteiger partial charge on any atom is -0.0625 e. The van der Waals surface area contributed by atoms with Crippen molar-refractivity contribution in [1.82, 2.24) is 0 Å². The summed E-state index contributed by atoms with van der Waals surface area (Å²) in [5.74, 6) is 21.3. The van der Waals surface area contributed by atoms with Crippen LogP contribution in [-0.2, 0) is 0 Å². The van der Waals surface area contributed by atoms with Crippen LogP contribution in [0.2, 0.25) is 0 Å². The molecule has 8 rings (SSSR count). The van der Waals surface area contributed by atoms with Gasteiger partial charge in [-0.25, -0.2) is 0 Å². The third kappa shape index (κ3) is 7.70. The third-order valence-corrected chi connectivity index (χ3v) is 18.8. The Morgan fingerprint density at radius 3 is 0.833 bits per heavy atom. The molecule has 0 aliphatic heterocycles. The molecule has 276 valence electrons. The molecule has 8 saturated carbocycles. The van der Waals surface area contributed by atoms with Gasteiger partial charge in [-0.3, -0.25) is 0 Å². The van der Waals surface area contributed by atoms with Gasteiger partial charge in [-0.15, -0.1) is 0 Å². The molecular weight excluding hydrogens is 577 g/mol. The second-order valence-electron chi connectivity index (χ2n) is 22.1. The van der Waals surface area contributed by atoms with E-state index in [1.54, 1.807) is 116 Å². The largest absolute Gasteiger partial charge is 0.0625 e. The predicted molar refractivity (Wildman–Crippen MR) is 208 cm³/mol. The van der Waals surface area contributed by atoms with Gasteiger partial charge in [-0.2, -0.15) is 0 Å². The summed E-state index contributed by atoms with van der Waals surface area (Å²) in [6.45, 7) is 19.7. The van der Waals surface area contributed by atoms with Crippen molar-refractivity contribution in [2.75, 3.05) is 0 Å². The molecule has 8 fully saturated rings. The van der Waals surface area contributed by atoms with Crippen LogP contribution in [0.15, 0.2) is 0 Å². The molecule has 0 amide bonds. The lowest BCUT2D eigenvalue weighted by atomic mass is 9.49. The van der Waals surface area contributed by atoms with Gasteiger partial charge in [0.2, 0.25) is 0 Å². The second kappa shape index (κ2) is 15.5. The molecule has 0 heteroatoms. The van der Waals surface area contributed by atoms with Crippen LogP contribution in [0.25, 0.3) is 0 Å². The van der Waals surface area contributed by atoms with Crippen LogP contribution < -0.4 is 0 Å². The van der Waals surface area contributed by atoms with E-state index in [0.717, 1.165) is 118 Å². The number of fused-ring (bicyclic) bond motifs is 8. The molecule has 0 saturated heterocycles. The molecule has 48 heavy (non-hydrogen) atoms. The SMILES string of the molecule is CC(C)C1CCC2C(CCC3C4CCC(C(C)C)CC4CCC23)C1.CC(C)C1CCC2CC3CC4CC(C(C)C)CCC4CC3CC2C1. The normalized spacial score (nSPS) is 48.8. The Balaban J connectivity index is 0.000000152. The maximum absolute atomic E-state index is 2.47. The highest BCUT2D eigenvalue weighted by Gasteiger charge is 2.50. The van der Waals surface area contributed by atoms with Gasteiger partial charge in [0.25, 0.3) is 0 Å². The van der Waals surface area contributed by atoms with E-state index in [2.05, 4.69) is 55.4 Å². The van der Waals surface area contributed by atoms with Gasteiger partial charge in [0.15, 0.2) is 0 Å². The molecule has 0 aromatic rings. The minimum atomic E-state index is 0.922. The molecule has 16 atom stereocenters.